The molecule has 0 radical (unpaired) electrons. The molecule has 1 aromatic carbocycles. The zero-order valence-electron chi connectivity index (χ0n) is 12.1. The lowest BCUT2D eigenvalue weighted by atomic mass is 10.1. The predicted octanol–water partition coefficient (Wildman–Crippen LogP) is 2.70. The van der Waals surface area contributed by atoms with E-state index in [0.717, 1.165) is 47.8 Å². The van der Waals surface area contributed by atoms with Gasteiger partial charge in [0.2, 0.25) is 0 Å². The van der Waals surface area contributed by atoms with Crippen molar-refractivity contribution in [3.05, 3.63) is 29.8 Å². The number of hydrazone groups is 1. The van der Waals surface area contributed by atoms with Crippen LogP contribution in [0.15, 0.2) is 34.3 Å². The average molecular weight is 304 g/mol. The fourth-order valence-corrected chi connectivity index (χ4v) is 4.58. The highest BCUT2D eigenvalue weighted by Crippen LogP contribution is 2.62. The highest BCUT2D eigenvalue weighted by atomic mass is 32.2. The Hall–Kier alpha value is -1.36. The summed E-state index contributed by atoms with van der Waals surface area (Å²) < 4.78 is 24.5. The average Bonchev–Trinajstić information content (AvgIpc) is 3.29. The van der Waals surface area contributed by atoms with Crippen LogP contribution in [-0.4, -0.2) is 14.1 Å². The number of nitrogens with zero attached hydrogens (tertiary/aromatic N) is 1. The maximum atomic E-state index is 12.2. The van der Waals surface area contributed by atoms with Crippen LogP contribution in [-0.2, 0) is 10.0 Å². The van der Waals surface area contributed by atoms with Crippen molar-refractivity contribution in [2.45, 2.75) is 37.5 Å². The minimum Gasteiger partial charge on any atom is -0.200 e. The first-order valence-electron chi connectivity index (χ1n) is 7.67. The first-order valence-corrected chi connectivity index (χ1v) is 9.15. The SMILES string of the molecule is Cc1ccc(S(=O)(=O)NN=C2C[C@@H]3C[C@H]3[C@@H]3C[C@@H]3C2)cc1. The van der Waals surface area contributed by atoms with Crippen LogP contribution >= 0.6 is 0 Å². The summed E-state index contributed by atoms with van der Waals surface area (Å²) in [4.78, 5) is 2.71. The molecule has 4 atom stereocenters. The van der Waals surface area contributed by atoms with Crippen LogP contribution in [0, 0.1) is 30.6 Å². The van der Waals surface area contributed by atoms with Crippen molar-refractivity contribution in [2.24, 2.45) is 28.8 Å². The van der Waals surface area contributed by atoms with Gasteiger partial charge >= 0.3 is 0 Å². The van der Waals surface area contributed by atoms with E-state index in [1.807, 2.05) is 6.92 Å². The molecule has 5 heteroatoms. The van der Waals surface area contributed by atoms with Crippen molar-refractivity contribution in [1.29, 1.82) is 0 Å². The number of benzene rings is 1. The summed E-state index contributed by atoms with van der Waals surface area (Å²) in [7, 11) is -3.53. The van der Waals surface area contributed by atoms with Crippen molar-refractivity contribution in [3.63, 3.8) is 0 Å². The van der Waals surface area contributed by atoms with Crippen molar-refractivity contribution >= 4 is 15.7 Å². The van der Waals surface area contributed by atoms with Gasteiger partial charge < -0.3 is 0 Å². The van der Waals surface area contributed by atoms with Gasteiger partial charge in [0.1, 0.15) is 0 Å². The van der Waals surface area contributed by atoms with Crippen LogP contribution in [0.3, 0.4) is 0 Å². The molecule has 0 bridgehead atoms. The van der Waals surface area contributed by atoms with E-state index in [-0.39, 0.29) is 4.90 Å². The van der Waals surface area contributed by atoms with Gasteiger partial charge in [0.05, 0.1) is 4.90 Å². The molecule has 0 spiro atoms. The van der Waals surface area contributed by atoms with Gasteiger partial charge in [-0.05, 0) is 68.4 Å². The smallest absolute Gasteiger partial charge is 0.200 e. The van der Waals surface area contributed by atoms with Crippen molar-refractivity contribution in [2.75, 3.05) is 0 Å². The summed E-state index contributed by atoms with van der Waals surface area (Å²) >= 11 is 0. The Morgan fingerprint density at radius 1 is 1.05 bits per heavy atom. The molecular formula is C16H20N2O2S. The van der Waals surface area contributed by atoms with Crippen LogP contribution in [0.4, 0.5) is 0 Å². The summed E-state index contributed by atoms with van der Waals surface area (Å²) in [5.74, 6) is 3.36. The lowest BCUT2D eigenvalue weighted by molar-refractivity contribution is 0.584. The van der Waals surface area contributed by atoms with E-state index >= 15 is 0 Å². The zero-order valence-corrected chi connectivity index (χ0v) is 12.9. The zero-order chi connectivity index (χ0) is 14.6. The Kier molecular flexibility index (Phi) is 2.89. The summed E-state index contributed by atoms with van der Waals surface area (Å²) in [6.07, 6.45) is 4.61. The molecule has 3 aliphatic carbocycles. The predicted molar refractivity (Wildman–Crippen MR) is 81.4 cm³/mol. The molecule has 112 valence electrons. The largest absolute Gasteiger partial charge is 0.276 e. The molecule has 1 N–H and O–H groups in total. The monoisotopic (exact) mass is 304 g/mol. The van der Waals surface area contributed by atoms with E-state index in [9.17, 15) is 8.42 Å². The number of aryl methyl sites for hydroxylation is 1. The van der Waals surface area contributed by atoms with Gasteiger partial charge in [0, 0.05) is 5.71 Å². The quantitative estimate of drug-likeness (QED) is 0.873. The van der Waals surface area contributed by atoms with E-state index in [1.54, 1.807) is 24.3 Å². The molecule has 0 aliphatic heterocycles. The Morgan fingerprint density at radius 3 is 2.19 bits per heavy atom. The van der Waals surface area contributed by atoms with Gasteiger partial charge in [0.15, 0.2) is 0 Å². The third-order valence-electron chi connectivity index (χ3n) is 5.16. The minimum atomic E-state index is -3.53. The minimum absolute atomic E-state index is 0.277. The number of rotatable bonds is 3. The fraction of sp³-hybridized carbons (Fsp3) is 0.562. The molecule has 0 saturated heterocycles. The molecule has 3 saturated carbocycles. The van der Waals surface area contributed by atoms with Crippen LogP contribution in [0.1, 0.15) is 31.2 Å². The van der Waals surface area contributed by atoms with Crippen molar-refractivity contribution in [3.8, 4) is 0 Å². The lowest BCUT2D eigenvalue weighted by Crippen LogP contribution is -2.20. The Morgan fingerprint density at radius 2 is 1.62 bits per heavy atom. The molecule has 3 fully saturated rings. The van der Waals surface area contributed by atoms with E-state index in [4.69, 9.17) is 0 Å². The molecule has 0 aromatic heterocycles. The van der Waals surface area contributed by atoms with E-state index in [2.05, 4.69) is 9.93 Å². The molecule has 1 aromatic rings. The van der Waals surface area contributed by atoms with Crippen LogP contribution < -0.4 is 4.83 Å². The highest BCUT2D eigenvalue weighted by molar-refractivity contribution is 7.89. The summed E-state index contributed by atoms with van der Waals surface area (Å²) in [5.41, 5.74) is 2.09. The number of hydrogen-bond donors (Lipinski definition) is 1. The van der Waals surface area contributed by atoms with Crippen LogP contribution in [0.25, 0.3) is 0 Å². The Labute approximate surface area is 125 Å². The van der Waals surface area contributed by atoms with Gasteiger partial charge in [-0.15, -0.1) is 0 Å². The van der Waals surface area contributed by atoms with Crippen LogP contribution in [0.2, 0.25) is 0 Å². The number of sulfonamides is 1. The Balaban J connectivity index is 1.49. The number of fused-ring (bicyclic) bond motifs is 3. The number of nitrogens with one attached hydrogen (secondary N) is 1. The van der Waals surface area contributed by atoms with Crippen LogP contribution in [0.5, 0.6) is 0 Å². The maximum absolute atomic E-state index is 12.2. The lowest BCUT2D eigenvalue weighted by Gasteiger charge is -2.07. The summed E-state index contributed by atoms with van der Waals surface area (Å²) in [6, 6.07) is 6.85. The first kappa shape index (κ1) is 13.3. The maximum Gasteiger partial charge on any atom is 0.276 e. The molecular weight excluding hydrogens is 284 g/mol. The topological polar surface area (TPSA) is 58.5 Å². The van der Waals surface area contributed by atoms with Gasteiger partial charge in [-0.2, -0.15) is 13.5 Å². The van der Waals surface area contributed by atoms with E-state index in [1.165, 1.54) is 12.8 Å². The van der Waals surface area contributed by atoms with E-state index in [0.29, 0.717) is 0 Å². The third-order valence-corrected chi connectivity index (χ3v) is 6.38. The summed E-state index contributed by atoms with van der Waals surface area (Å²) in [6.45, 7) is 1.94. The molecule has 0 unspecified atom stereocenters. The second-order valence-electron chi connectivity index (χ2n) is 6.81. The second-order valence-corrected chi connectivity index (χ2v) is 8.47. The molecule has 4 nitrogen and oxygen atoms in total. The number of hydrogen-bond acceptors (Lipinski definition) is 3. The summed E-state index contributed by atoms with van der Waals surface area (Å²) in [5, 5.41) is 4.25. The standard InChI is InChI=1S/C16H20N2O2S/c1-10-2-4-14(5-3-10)21(19,20)18-17-13-6-11-8-15(11)16-9-12(16)7-13/h2-5,11-12,15-16,18H,6-9H2,1H3/t11-,12+,15-,16-/m1/s1. The van der Waals surface area contributed by atoms with Gasteiger partial charge in [0.25, 0.3) is 10.0 Å². The van der Waals surface area contributed by atoms with Crippen molar-refractivity contribution in [1.82, 2.24) is 4.83 Å². The molecule has 0 heterocycles. The molecule has 3 aliphatic rings. The third kappa shape index (κ3) is 2.59. The van der Waals surface area contributed by atoms with Crippen molar-refractivity contribution < 1.29 is 8.42 Å². The molecule has 0 amide bonds. The van der Waals surface area contributed by atoms with Gasteiger partial charge in [-0.25, -0.2) is 4.83 Å². The highest BCUT2D eigenvalue weighted by Gasteiger charge is 2.55. The fourth-order valence-electron chi connectivity index (χ4n) is 3.73. The molecule has 21 heavy (non-hydrogen) atoms. The molecule has 4 rings (SSSR count). The first-order chi connectivity index (χ1) is 10.0. The second kappa shape index (κ2) is 4.57. The van der Waals surface area contributed by atoms with Gasteiger partial charge in [-0.3, -0.25) is 0 Å². The normalized spacial score (nSPS) is 35.6. The Bertz CT molecular complexity index is 673. The van der Waals surface area contributed by atoms with Gasteiger partial charge in [-0.1, -0.05) is 17.7 Å². The van der Waals surface area contributed by atoms with E-state index < -0.39 is 10.0 Å².